The van der Waals surface area contributed by atoms with Crippen molar-refractivity contribution >= 4 is 23.8 Å². The Morgan fingerprint density at radius 2 is 2.12 bits per heavy atom. The number of carbonyl (C=O) groups excluding carboxylic acids is 1. The maximum atomic E-state index is 11.0. The first-order valence-corrected chi connectivity index (χ1v) is 5.84. The predicted octanol–water partition coefficient (Wildman–Crippen LogP) is -0.350. The van der Waals surface area contributed by atoms with Crippen LogP contribution in [-0.4, -0.2) is 52.9 Å². The number of thioether (sulfide) groups is 1. The predicted molar refractivity (Wildman–Crippen MR) is 62.6 cm³/mol. The molecular weight excluding hydrogens is 232 g/mol. The fourth-order valence-corrected chi connectivity index (χ4v) is 1.32. The Labute approximate surface area is 98.1 Å². The molecule has 0 aliphatic heterocycles. The molecule has 0 radical (unpaired) electrons. The largest absolute Gasteiger partial charge is 0.479 e. The van der Waals surface area contributed by atoms with Crippen LogP contribution >= 0.6 is 11.8 Å². The minimum Gasteiger partial charge on any atom is -0.479 e. The molecule has 0 aromatic carbocycles. The van der Waals surface area contributed by atoms with Crippen molar-refractivity contribution in [3.63, 3.8) is 0 Å². The number of aliphatic hydroxyl groups excluding tert-OH is 1. The van der Waals surface area contributed by atoms with Crippen molar-refractivity contribution < 1.29 is 19.8 Å². The molecule has 0 aromatic rings. The second-order valence-corrected chi connectivity index (χ2v) is 4.00. The number of aliphatic carboxylic acids is 1. The molecule has 1 unspecified atom stereocenters. The highest BCUT2D eigenvalue weighted by molar-refractivity contribution is 7.99. The molecule has 0 saturated heterocycles. The van der Waals surface area contributed by atoms with Gasteiger partial charge in [0.2, 0.25) is 0 Å². The maximum Gasteiger partial charge on any atom is 0.334 e. The summed E-state index contributed by atoms with van der Waals surface area (Å²) in [6.45, 7) is 3.73. The quantitative estimate of drug-likeness (QED) is 0.348. The number of urea groups is 1. The SMILES string of the molecule is C=CCSCCNC(=O)NCC(O)C(=O)O. The lowest BCUT2D eigenvalue weighted by Crippen LogP contribution is -2.42. The monoisotopic (exact) mass is 248 g/mol. The Morgan fingerprint density at radius 1 is 1.44 bits per heavy atom. The van der Waals surface area contributed by atoms with Crippen molar-refractivity contribution in [2.24, 2.45) is 0 Å². The minimum absolute atomic E-state index is 0.305. The van der Waals surface area contributed by atoms with E-state index in [0.717, 1.165) is 11.5 Å². The molecule has 0 aromatic heterocycles. The number of nitrogens with one attached hydrogen (secondary N) is 2. The normalized spacial score (nSPS) is 11.6. The average Bonchev–Trinajstić information content (AvgIpc) is 2.25. The second-order valence-electron chi connectivity index (χ2n) is 2.85. The van der Waals surface area contributed by atoms with Crippen molar-refractivity contribution in [3.05, 3.63) is 12.7 Å². The van der Waals surface area contributed by atoms with Gasteiger partial charge in [-0.3, -0.25) is 0 Å². The number of hydrogen-bond donors (Lipinski definition) is 4. The summed E-state index contributed by atoms with van der Waals surface area (Å²) < 4.78 is 0. The van der Waals surface area contributed by atoms with E-state index in [4.69, 9.17) is 10.2 Å². The van der Waals surface area contributed by atoms with E-state index in [1.807, 2.05) is 0 Å². The molecule has 16 heavy (non-hydrogen) atoms. The molecule has 0 saturated carbocycles. The summed E-state index contributed by atoms with van der Waals surface area (Å²) in [4.78, 5) is 21.3. The Bertz CT molecular complexity index is 248. The smallest absolute Gasteiger partial charge is 0.334 e. The molecule has 0 rings (SSSR count). The van der Waals surface area contributed by atoms with Gasteiger partial charge in [0.15, 0.2) is 6.10 Å². The molecule has 0 bridgehead atoms. The van der Waals surface area contributed by atoms with Gasteiger partial charge in [0, 0.05) is 18.1 Å². The van der Waals surface area contributed by atoms with Crippen molar-refractivity contribution in [3.8, 4) is 0 Å². The molecule has 1 atom stereocenters. The Morgan fingerprint density at radius 3 is 2.69 bits per heavy atom. The zero-order chi connectivity index (χ0) is 12.4. The van der Waals surface area contributed by atoms with E-state index in [1.54, 1.807) is 17.8 Å². The Hall–Kier alpha value is -1.21. The summed E-state index contributed by atoms with van der Waals surface area (Å²) >= 11 is 1.62. The lowest BCUT2D eigenvalue weighted by atomic mass is 10.4. The first-order valence-electron chi connectivity index (χ1n) is 4.69. The van der Waals surface area contributed by atoms with Crippen LogP contribution in [0.1, 0.15) is 0 Å². The zero-order valence-electron chi connectivity index (χ0n) is 8.81. The number of amides is 2. The molecule has 92 valence electrons. The van der Waals surface area contributed by atoms with Gasteiger partial charge in [0.1, 0.15) is 0 Å². The standard InChI is InChI=1S/C9H16N2O4S/c1-2-4-16-5-3-10-9(15)11-6-7(12)8(13)14/h2,7,12H,1,3-6H2,(H,13,14)(H2,10,11,15). The van der Waals surface area contributed by atoms with Crippen molar-refractivity contribution in [1.29, 1.82) is 0 Å². The van der Waals surface area contributed by atoms with E-state index in [0.29, 0.717) is 6.54 Å². The van der Waals surface area contributed by atoms with Crippen LogP contribution in [0.25, 0.3) is 0 Å². The minimum atomic E-state index is -1.57. The molecule has 0 aliphatic rings. The van der Waals surface area contributed by atoms with E-state index >= 15 is 0 Å². The highest BCUT2D eigenvalue weighted by Gasteiger charge is 2.13. The topological polar surface area (TPSA) is 98.7 Å². The van der Waals surface area contributed by atoms with Gasteiger partial charge in [0.25, 0.3) is 0 Å². The van der Waals surface area contributed by atoms with Crippen LogP contribution in [0.5, 0.6) is 0 Å². The third-order valence-corrected chi connectivity index (χ3v) is 2.47. The third kappa shape index (κ3) is 8.13. The van der Waals surface area contributed by atoms with Crippen LogP contribution in [0.3, 0.4) is 0 Å². The molecule has 4 N–H and O–H groups in total. The summed E-state index contributed by atoms with van der Waals surface area (Å²) in [5, 5.41) is 22.0. The van der Waals surface area contributed by atoms with Gasteiger partial charge in [0.05, 0.1) is 6.54 Å². The number of hydrogen-bond acceptors (Lipinski definition) is 4. The van der Waals surface area contributed by atoms with Crippen LogP contribution in [0.4, 0.5) is 4.79 Å². The van der Waals surface area contributed by atoms with Crippen LogP contribution in [0.2, 0.25) is 0 Å². The summed E-state index contributed by atoms with van der Waals surface area (Å²) in [7, 11) is 0. The molecule has 0 heterocycles. The number of carboxylic acids is 1. The van der Waals surface area contributed by atoms with E-state index in [-0.39, 0.29) is 6.54 Å². The van der Waals surface area contributed by atoms with Crippen LogP contribution in [0, 0.1) is 0 Å². The van der Waals surface area contributed by atoms with Crippen LogP contribution in [0.15, 0.2) is 12.7 Å². The number of carbonyl (C=O) groups is 2. The average molecular weight is 248 g/mol. The summed E-state index contributed by atoms with van der Waals surface area (Å²) in [6, 6.07) is -0.487. The molecule has 7 heteroatoms. The molecule has 6 nitrogen and oxygen atoms in total. The van der Waals surface area contributed by atoms with Crippen LogP contribution in [-0.2, 0) is 4.79 Å². The van der Waals surface area contributed by atoms with Crippen LogP contribution < -0.4 is 10.6 Å². The lowest BCUT2D eigenvalue weighted by molar-refractivity contribution is -0.146. The van der Waals surface area contributed by atoms with E-state index in [1.165, 1.54) is 0 Å². The third-order valence-electron chi connectivity index (χ3n) is 1.51. The number of rotatable bonds is 8. The molecule has 2 amide bonds. The zero-order valence-corrected chi connectivity index (χ0v) is 9.63. The first-order chi connectivity index (χ1) is 7.57. The maximum absolute atomic E-state index is 11.0. The van der Waals surface area contributed by atoms with Gasteiger partial charge in [-0.2, -0.15) is 11.8 Å². The Kier molecular flexibility index (Phi) is 8.36. The van der Waals surface area contributed by atoms with E-state index in [9.17, 15) is 9.59 Å². The molecule has 0 spiro atoms. The van der Waals surface area contributed by atoms with Crippen molar-refractivity contribution in [2.45, 2.75) is 6.10 Å². The summed E-state index contributed by atoms with van der Waals surface area (Å²) in [6.07, 6.45) is 0.203. The first kappa shape index (κ1) is 14.8. The fraction of sp³-hybridized carbons (Fsp3) is 0.556. The van der Waals surface area contributed by atoms with Gasteiger partial charge in [-0.1, -0.05) is 6.08 Å². The van der Waals surface area contributed by atoms with Gasteiger partial charge in [-0.25, -0.2) is 9.59 Å². The highest BCUT2D eigenvalue weighted by atomic mass is 32.2. The van der Waals surface area contributed by atoms with Gasteiger partial charge in [-0.15, -0.1) is 6.58 Å². The molecule has 0 aliphatic carbocycles. The number of aliphatic hydroxyl groups is 1. The summed E-state index contributed by atoms with van der Waals surface area (Å²) in [5.74, 6) is 0.212. The van der Waals surface area contributed by atoms with Gasteiger partial charge in [-0.05, 0) is 0 Å². The van der Waals surface area contributed by atoms with E-state index in [2.05, 4.69) is 17.2 Å². The molecular formula is C9H16N2O4S. The number of carboxylic acid groups (broad SMARTS) is 1. The van der Waals surface area contributed by atoms with Gasteiger partial charge < -0.3 is 20.8 Å². The lowest BCUT2D eigenvalue weighted by Gasteiger charge is -2.08. The highest BCUT2D eigenvalue weighted by Crippen LogP contribution is 1.96. The second kappa shape index (κ2) is 9.05. The van der Waals surface area contributed by atoms with Crippen molar-refractivity contribution in [1.82, 2.24) is 10.6 Å². The fourth-order valence-electron chi connectivity index (χ4n) is 0.743. The van der Waals surface area contributed by atoms with E-state index < -0.39 is 18.1 Å². The van der Waals surface area contributed by atoms with Gasteiger partial charge >= 0.3 is 12.0 Å². The van der Waals surface area contributed by atoms with Crippen molar-refractivity contribution in [2.75, 3.05) is 24.6 Å². The summed E-state index contributed by atoms with van der Waals surface area (Å²) in [5.41, 5.74) is 0. The molecule has 0 fully saturated rings. The Balaban J connectivity index is 3.44.